The number of amides is 1. The molecule has 0 bridgehead atoms. The molecular formula is C15H22BrNO4. The van der Waals surface area contributed by atoms with Gasteiger partial charge in [0.1, 0.15) is 0 Å². The normalized spacial score (nSPS) is 11.9. The molecular weight excluding hydrogens is 338 g/mol. The Morgan fingerprint density at radius 3 is 2.76 bits per heavy atom. The third kappa shape index (κ3) is 5.21. The standard InChI is InChI=1S/C15H22BrNO4/c1-4-5-6-17-15(19)10(2)21-14-12(16)7-11(9-18)8-13(14)20-3/h7-8,10,18H,4-6,9H2,1-3H3,(H,17,19). The van der Waals surface area contributed by atoms with E-state index in [2.05, 4.69) is 28.2 Å². The number of benzene rings is 1. The van der Waals surface area contributed by atoms with Gasteiger partial charge in [-0.05, 0) is 47.0 Å². The summed E-state index contributed by atoms with van der Waals surface area (Å²) in [5.74, 6) is 0.762. The molecule has 1 atom stereocenters. The lowest BCUT2D eigenvalue weighted by Crippen LogP contribution is -2.36. The van der Waals surface area contributed by atoms with Crippen molar-refractivity contribution in [2.45, 2.75) is 39.4 Å². The number of carbonyl (C=O) groups is 1. The van der Waals surface area contributed by atoms with Gasteiger partial charge < -0.3 is 19.9 Å². The Hall–Kier alpha value is -1.27. The van der Waals surface area contributed by atoms with Gasteiger partial charge in [-0.3, -0.25) is 4.79 Å². The fraction of sp³-hybridized carbons (Fsp3) is 0.533. The number of hydrogen-bond donors (Lipinski definition) is 2. The Morgan fingerprint density at radius 1 is 1.48 bits per heavy atom. The van der Waals surface area contributed by atoms with E-state index in [0.29, 0.717) is 28.1 Å². The summed E-state index contributed by atoms with van der Waals surface area (Å²) in [5.41, 5.74) is 0.700. The highest BCUT2D eigenvalue weighted by Crippen LogP contribution is 2.37. The van der Waals surface area contributed by atoms with Gasteiger partial charge in [0.05, 0.1) is 18.2 Å². The van der Waals surface area contributed by atoms with Crippen LogP contribution in [0.2, 0.25) is 0 Å². The number of ether oxygens (including phenoxy) is 2. The molecule has 21 heavy (non-hydrogen) atoms. The van der Waals surface area contributed by atoms with Gasteiger partial charge in [0, 0.05) is 6.54 Å². The molecule has 0 aliphatic carbocycles. The Kier molecular flexibility index (Phi) is 7.53. The van der Waals surface area contributed by atoms with Gasteiger partial charge in [-0.15, -0.1) is 0 Å². The minimum Gasteiger partial charge on any atom is -0.493 e. The first-order chi connectivity index (χ1) is 10.0. The summed E-state index contributed by atoms with van der Waals surface area (Å²) in [4.78, 5) is 11.9. The second-order valence-electron chi connectivity index (χ2n) is 4.67. The predicted molar refractivity (Wildman–Crippen MR) is 84.6 cm³/mol. The summed E-state index contributed by atoms with van der Waals surface area (Å²) >= 11 is 3.37. The molecule has 118 valence electrons. The van der Waals surface area contributed by atoms with Crippen LogP contribution in [-0.2, 0) is 11.4 Å². The average molecular weight is 360 g/mol. The van der Waals surface area contributed by atoms with E-state index in [0.717, 1.165) is 12.8 Å². The van der Waals surface area contributed by atoms with Crippen LogP contribution < -0.4 is 14.8 Å². The average Bonchev–Trinajstić information content (AvgIpc) is 2.48. The largest absolute Gasteiger partial charge is 0.493 e. The van der Waals surface area contributed by atoms with Crippen LogP contribution in [0.15, 0.2) is 16.6 Å². The van der Waals surface area contributed by atoms with Crippen molar-refractivity contribution in [2.24, 2.45) is 0 Å². The van der Waals surface area contributed by atoms with Gasteiger partial charge in [-0.25, -0.2) is 0 Å². The van der Waals surface area contributed by atoms with Gasteiger partial charge >= 0.3 is 0 Å². The lowest BCUT2D eigenvalue weighted by atomic mass is 10.2. The number of aliphatic hydroxyl groups excluding tert-OH is 1. The van der Waals surface area contributed by atoms with E-state index < -0.39 is 6.10 Å². The summed E-state index contributed by atoms with van der Waals surface area (Å²) in [6.45, 7) is 4.30. The molecule has 0 spiro atoms. The van der Waals surface area contributed by atoms with Gasteiger partial charge in [0.25, 0.3) is 5.91 Å². The quantitative estimate of drug-likeness (QED) is 0.700. The minimum absolute atomic E-state index is 0.0949. The molecule has 1 aromatic rings. The lowest BCUT2D eigenvalue weighted by Gasteiger charge is -2.18. The topological polar surface area (TPSA) is 67.8 Å². The van der Waals surface area contributed by atoms with Crippen LogP contribution in [0.3, 0.4) is 0 Å². The second-order valence-corrected chi connectivity index (χ2v) is 5.53. The maximum absolute atomic E-state index is 11.9. The summed E-state index contributed by atoms with van der Waals surface area (Å²) in [5, 5.41) is 12.0. The zero-order chi connectivity index (χ0) is 15.8. The summed E-state index contributed by atoms with van der Waals surface area (Å²) in [6, 6.07) is 3.42. The molecule has 0 fully saturated rings. The molecule has 0 aliphatic heterocycles. The molecule has 0 heterocycles. The summed E-state index contributed by atoms with van der Waals surface area (Å²) in [7, 11) is 1.52. The molecule has 0 aliphatic rings. The van der Waals surface area contributed by atoms with Gasteiger partial charge in [-0.2, -0.15) is 0 Å². The Balaban J connectivity index is 2.79. The van der Waals surface area contributed by atoms with Gasteiger partial charge in [0.2, 0.25) is 0 Å². The van der Waals surface area contributed by atoms with Crippen LogP contribution in [-0.4, -0.2) is 30.8 Å². The molecule has 5 nitrogen and oxygen atoms in total. The fourth-order valence-corrected chi connectivity index (χ4v) is 2.32. The Bertz CT molecular complexity index is 479. The van der Waals surface area contributed by atoms with Crippen LogP contribution in [0.25, 0.3) is 0 Å². The van der Waals surface area contributed by atoms with E-state index in [4.69, 9.17) is 9.47 Å². The van der Waals surface area contributed by atoms with Crippen molar-refractivity contribution in [3.63, 3.8) is 0 Å². The third-order valence-corrected chi connectivity index (χ3v) is 3.55. The maximum atomic E-state index is 11.9. The van der Waals surface area contributed by atoms with E-state index in [1.54, 1.807) is 19.1 Å². The molecule has 2 N–H and O–H groups in total. The minimum atomic E-state index is -0.632. The Morgan fingerprint density at radius 2 is 2.19 bits per heavy atom. The molecule has 0 radical (unpaired) electrons. The van der Waals surface area contributed by atoms with E-state index in [9.17, 15) is 9.90 Å². The highest BCUT2D eigenvalue weighted by atomic mass is 79.9. The molecule has 1 amide bonds. The van der Waals surface area contributed by atoms with Crippen molar-refractivity contribution >= 4 is 21.8 Å². The smallest absolute Gasteiger partial charge is 0.260 e. The SMILES string of the molecule is CCCCNC(=O)C(C)Oc1c(Br)cc(CO)cc1OC. The number of carbonyl (C=O) groups excluding carboxylic acids is 1. The van der Waals surface area contributed by atoms with E-state index >= 15 is 0 Å². The van der Waals surface area contributed by atoms with E-state index in [-0.39, 0.29) is 12.5 Å². The molecule has 1 unspecified atom stereocenters. The van der Waals surface area contributed by atoms with Crippen molar-refractivity contribution in [3.8, 4) is 11.5 Å². The number of methoxy groups -OCH3 is 1. The molecule has 0 saturated carbocycles. The van der Waals surface area contributed by atoms with Crippen LogP contribution in [0, 0.1) is 0 Å². The predicted octanol–water partition coefficient (Wildman–Crippen LogP) is 2.63. The van der Waals surface area contributed by atoms with Crippen LogP contribution in [0.4, 0.5) is 0 Å². The maximum Gasteiger partial charge on any atom is 0.260 e. The van der Waals surface area contributed by atoms with Crippen LogP contribution in [0.1, 0.15) is 32.3 Å². The fourth-order valence-electron chi connectivity index (χ4n) is 1.74. The van der Waals surface area contributed by atoms with Crippen molar-refractivity contribution in [1.82, 2.24) is 5.32 Å². The molecule has 0 aromatic heterocycles. The number of unbranched alkanes of at least 4 members (excludes halogenated alkanes) is 1. The van der Waals surface area contributed by atoms with E-state index in [1.165, 1.54) is 7.11 Å². The van der Waals surface area contributed by atoms with Crippen molar-refractivity contribution < 1.29 is 19.4 Å². The first-order valence-corrected chi connectivity index (χ1v) is 7.74. The van der Waals surface area contributed by atoms with Crippen LogP contribution in [0.5, 0.6) is 11.5 Å². The second kappa shape index (κ2) is 8.89. The Labute approximate surface area is 133 Å². The number of rotatable bonds is 8. The summed E-state index contributed by atoms with van der Waals surface area (Å²) < 4.78 is 11.6. The molecule has 1 aromatic carbocycles. The first kappa shape index (κ1) is 17.8. The number of hydrogen-bond acceptors (Lipinski definition) is 4. The highest BCUT2D eigenvalue weighted by Gasteiger charge is 2.19. The lowest BCUT2D eigenvalue weighted by molar-refractivity contribution is -0.127. The number of aliphatic hydroxyl groups is 1. The first-order valence-electron chi connectivity index (χ1n) is 6.95. The third-order valence-electron chi connectivity index (χ3n) is 2.97. The zero-order valence-electron chi connectivity index (χ0n) is 12.6. The summed E-state index contributed by atoms with van der Waals surface area (Å²) in [6.07, 6.45) is 1.33. The van der Waals surface area contributed by atoms with E-state index in [1.807, 2.05) is 0 Å². The zero-order valence-corrected chi connectivity index (χ0v) is 14.2. The monoisotopic (exact) mass is 359 g/mol. The van der Waals surface area contributed by atoms with Crippen molar-refractivity contribution in [2.75, 3.05) is 13.7 Å². The number of nitrogens with one attached hydrogen (secondary N) is 1. The molecule has 1 rings (SSSR count). The number of halogens is 1. The van der Waals surface area contributed by atoms with Crippen LogP contribution >= 0.6 is 15.9 Å². The van der Waals surface area contributed by atoms with Crippen molar-refractivity contribution in [1.29, 1.82) is 0 Å². The highest BCUT2D eigenvalue weighted by molar-refractivity contribution is 9.10. The molecule has 6 heteroatoms. The van der Waals surface area contributed by atoms with Crippen molar-refractivity contribution in [3.05, 3.63) is 22.2 Å². The van der Waals surface area contributed by atoms with Gasteiger partial charge in [0.15, 0.2) is 17.6 Å². The van der Waals surface area contributed by atoms with Gasteiger partial charge in [-0.1, -0.05) is 13.3 Å². The molecule has 0 saturated heterocycles.